The highest BCUT2D eigenvalue weighted by Gasteiger charge is 2.12. The number of rotatable bonds is 9. The number of amides is 1. The van der Waals surface area contributed by atoms with Crippen LogP contribution in [0.1, 0.15) is 23.4 Å². The van der Waals surface area contributed by atoms with E-state index in [1.165, 1.54) is 22.9 Å². The van der Waals surface area contributed by atoms with Gasteiger partial charge in [-0.2, -0.15) is 0 Å². The first kappa shape index (κ1) is 23.4. The number of nitrogens with zero attached hydrogens (tertiary/aromatic N) is 3. The van der Waals surface area contributed by atoms with Gasteiger partial charge >= 0.3 is 0 Å². The Hall–Kier alpha value is -2.22. The molecule has 0 atom stereocenters. The molecule has 164 valence electrons. The van der Waals surface area contributed by atoms with Crippen molar-refractivity contribution in [3.8, 4) is 5.75 Å². The van der Waals surface area contributed by atoms with Crippen molar-refractivity contribution in [3.05, 3.63) is 63.4 Å². The van der Waals surface area contributed by atoms with Gasteiger partial charge in [0.25, 0.3) is 0 Å². The summed E-state index contributed by atoms with van der Waals surface area (Å²) >= 11 is 13.2. The van der Waals surface area contributed by atoms with Gasteiger partial charge in [0.05, 0.1) is 22.9 Å². The van der Waals surface area contributed by atoms with Crippen LogP contribution in [0.15, 0.2) is 41.6 Å². The lowest BCUT2D eigenvalue weighted by Crippen LogP contribution is -2.14. The molecule has 31 heavy (non-hydrogen) atoms. The number of thioether (sulfide) groups is 1. The van der Waals surface area contributed by atoms with Crippen LogP contribution in [-0.4, -0.2) is 33.5 Å². The lowest BCUT2D eigenvalue weighted by Gasteiger charge is -2.08. The zero-order valence-corrected chi connectivity index (χ0v) is 19.9. The maximum Gasteiger partial charge on any atom is 0.234 e. The third kappa shape index (κ3) is 6.38. The van der Waals surface area contributed by atoms with E-state index in [9.17, 15) is 4.79 Å². The van der Waals surface area contributed by atoms with Crippen molar-refractivity contribution in [3.63, 3.8) is 0 Å². The molecule has 0 aliphatic heterocycles. The summed E-state index contributed by atoms with van der Waals surface area (Å²) in [7, 11) is 3.60. The molecule has 3 rings (SSSR count). The van der Waals surface area contributed by atoms with E-state index < -0.39 is 0 Å². The average Bonchev–Trinajstić information content (AvgIpc) is 3.10. The van der Waals surface area contributed by atoms with Crippen molar-refractivity contribution in [1.82, 2.24) is 14.8 Å². The third-order valence-electron chi connectivity index (χ3n) is 4.86. The van der Waals surface area contributed by atoms with E-state index in [1.807, 2.05) is 17.7 Å². The normalized spacial score (nSPS) is 10.9. The molecule has 1 heterocycles. The quantitative estimate of drug-likeness (QED) is 0.420. The van der Waals surface area contributed by atoms with Gasteiger partial charge in [-0.1, -0.05) is 41.0 Å². The molecular weight excluding hydrogens is 455 g/mol. The van der Waals surface area contributed by atoms with Gasteiger partial charge < -0.3 is 14.6 Å². The fraction of sp³-hybridized carbons (Fsp3) is 0.318. The summed E-state index contributed by atoms with van der Waals surface area (Å²) in [5, 5.41) is 12.9. The third-order valence-corrected chi connectivity index (χ3v) is 6.62. The van der Waals surface area contributed by atoms with Crippen LogP contribution in [-0.2, 0) is 24.7 Å². The lowest BCUT2D eigenvalue weighted by molar-refractivity contribution is -0.113. The highest BCUT2D eigenvalue weighted by molar-refractivity contribution is 7.99. The molecule has 0 aliphatic rings. The second-order valence-electron chi connectivity index (χ2n) is 7.07. The SMILES string of the molecule is COc1ccc(CCCc2nnc(SCC(=O)Nc3ccc(Cl)c(Cl)c3)n2C)c(C)c1. The average molecular weight is 479 g/mol. The maximum absolute atomic E-state index is 12.2. The summed E-state index contributed by atoms with van der Waals surface area (Å²) in [5.74, 6) is 1.85. The molecule has 1 N–H and O–H groups in total. The first-order valence-electron chi connectivity index (χ1n) is 9.77. The minimum absolute atomic E-state index is 0.150. The largest absolute Gasteiger partial charge is 0.497 e. The van der Waals surface area contributed by atoms with Crippen LogP contribution in [0.2, 0.25) is 10.0 Å². The van der Waals surface area contributed by atoms with E-state index in [-0.39, 0.29) is 11.7 Å². The molecule has 0 fully saturated rings. The van der Waals surface area contributed by atoms with Gasteiger partial charge in [-0.25, -0.2) is 0 Å². The number of hydrogen-bond acceptors (Lipinski definition) is 5. The van der Waals surface area contributed by atoms with Gasteiger partial charge in [0.15, 0.2) is 5.16 Å². The Morgan fingerprint density at radius 1 is 1.13 bits per heavy atom. The summed E-state index contributed by atoms with van der Waals surface area (Å²) in [4.78, 5) is 12.2. The maximum atomic E-state index is 12.2. The smallest absolute Gasteiger partial charge is 0.234 e. The van der Waals surface area contributed by atoms with E-state index >= 15 is 0 Å². The molecule has 0 saturated heterocycles. The summed E-state index contributed by atoms with van der Waals surface area (Å²) in [6, 6.07) is 11.1. The second kappa shape index (κ2) is 10.9. The monoisotopic (exact) mass is 478 g/mol. The van der Waals surface area contributed by atoms with E-state index in [0.29, 0.717) is 20.9 Å². The summed E-state index contributed by atoms with van der Waals surface area (Å²) in [5.41, 5.74) is 3.13. The molecule has 2 aromatic carbocycles. The first-order chi connectivity index (χ1) is 14.9. The van der Waals surface area contributed by atoms with Gasteiger partial charge in [-0.15, -0.1) is 10.2 Å². The van der Waals surface area contributed by atoms with Crippen LogP contribution >= 0.6 is 35.0 Å². The molecule has 0 unspecified atom stereocenters. The molecule has 0 radical (unpaired) electrons. The number of nitrogens with one attached hydrogen (secondary N) is 1. The van der Waals surface area contributed by atoms with Crippen LogP contribution < -0.4 is 10.1 Å². The van der Waals surface area contributed by atoms with Crippen molar-refractivity contribution in [2.24, 2.45) is 7.05 Å². The molecular formula is C22H24Cl2N4O2S. The van der Waals surface area contributed by atoms with E-state index in [4.69, 9.17) is 27.9 Å². The van der Waals surface area contributed by atoms with Gasteiger partial charge in [0.2, 0.25) is 5.91 Å². The van der Waals surface area contributed by atoms with Gasteiger partial charge in [-0.05, 0) is 61.2 Å². The summed E-state index contributed by atoms with van der Waals surface area (Å²) < 4.78 is 7.20. The van der Waals surface area contributed by atoms with E-state index in [1.54, 1.807) is 25.3 Å². The Morgan fingerprint density at radius 2 is 1.94 bits per heavy atom. The number of methoxy groups -OCH3 is 1. The van der Waals surface area contributed by atoms with Crippen molar-refractivity contribution >= 4 is 46.6 Å². The molecule has 9 heteroatoms. The number of benzene rings is 2. The van der Waals surface area contributed by atoms with Gasteiger partial charge in [0.1, 0.15) is 11.6 Å². The number of anilines is 1. The van der Waals surface area contributed by atoms with Crippen LogP contribution in [0.25, 0.3) is 0 Å². The standard InChI is InChI=1S/C22H24Cl2N4O2S/c1-14-11-17(30-3)9-7-15(14)5-4-6-20-26-27-22(28(20)2)31-13-21(29)25-16-8-10-18(23)19(24)12-16/h7-12H,4-6,13H2,1-3H3,(H,25,29). The number of ether oxygens (including phenoxy) is 1. The first-order valence-corrected chi connectivity index (χ1v) is 11.5. The summed E-state index contributed by atoms with van der Waals surface area (Å²) in [6.45, 7) is 2.10. The number of carbonyl (C=O) groups excluding carboxylic acids is 1. The van der Waals surface area contributed by atoms with Gasteiger partial charge in [-0.3, -0.25) is 4.79 Å². The fourth-order valence-electron chi connectivity index (χ4n) is 3.10. The zero-order chi connectivity index (χ0) is 22.4. The molecule has 0 spiro atoms. The molecule has 0 aliphatic carbocycles. The van der Waals surface area contributed by atoms with Crippen LogP contribution in [0.5, 0.6) is 5.75 Å². The van der Waals surface area contributed by atoms with E-state index in [2.05, 4.69) is 34.6 Å². The Kier molecular flexibility index (Phi) is 8.23. The number of aryl methyl sites for hydroxylation is 3. The van der Waals surface area contributed by atoms with E-state index in [0.717, 1.165) is 30.8 Å². The second-order valence-corrected chi connectivity index (χ2v) is 8.83. The molecule has 1 amide bonds. The highest BCUT2D eigenvalue weighted by atomic mass is 35.5. The minimum Gasteiger partial charge on any atom is -0.497 e. The molecule has 3 aromatic rings. The number of aromatic nitrogens is 3. The predicted molar refractivity (Wildman–Crippen MR) is 127 cm³/mol. The van der Waals surface area contributed by atoms with Crippen molar-refractivity contribution in [1.29, 1.82) is 0 Å². The Balaban J connectivity index is 1.49. The topological polar surface area (TPSA) is 69.0 Å². The molecule has 6 nitrogen and oxygen atoms in total. The molecule has 0 saturated carbocycles. The Bertz CT molecular complexity index is 1070. The Morgan fingerprint density at radius 3 is 2.65 bits per heavy atom. The Labute approximate surface area is 196 Å². The summed E-state index contributed by atoms with van der Waals surface area (Å²) in [6.07, 6.45) is 2.73. The fourth-order valence-corrected chi connectivity index (χ4v) is 4.13. The minimum atomic E-state index is -0.150. The predicted octanol–water partition coefficient (Wildman–Crippen LogP) is 5.35. The number of carbonyl (C=O) groups is 1. The molecule has 1 aromatic heterocycles. The van der Waals surface area contributed by atoms with Crippen molar-refractivity contribution in [2.45, 2.75) is 31.3 Å². The van der Waals surface area contributed by atoms with Crippen molar-refractivity contribution in [2.75, 3.05) is 18.2 Å². The molecule has 0 bridgehead atoms. The lowest BCUT2D eigenvalue weighted by atomic mass is 10.0. The van der Waals surface area contributed by atoms with Crippen LogP contribution in [0.3, 0.4) is 0 Å². The van der Waals surface area contributed by atoms with Gasteiger partial charge in [0, 0.05) is 19.2 Å². The van der Waals surface area contributed by atoms with Crippen LogP contribution in [0, 0.1) is 6.92 Å². The number of hydrogen-bond donors (Lipinski definition) is 1. The highest BCUT2D eigenvalue weighted by Crippen LogP contribution is 2.25. The number of halogens is 2. The zero-order valence-electron chi connectivity index (χ0n) is 17.6. The van der Waals surface area contributed by atoms with Crippen LogP contribution in [0.4, 0.5) is 5.69 Å². The van der Waals surface area contributed by atoms with Crippen molar-refractivity contribution < 1.29 is 9.53 Å².